The number of rotatable bonds is 2. The fourth-order valence-electron chi connectivity index (χ4n) is 4.41. The van der Waals surface area contributed by atoms with Gasteiger partial charge in [-0.1, -0.05) is 76.6 Å². The summed E-state index contributed by atoms with van der Waals surface area (Å²) in [6.07, 6.45) is 13.7. The van der Waals surface area contributed by atoms with Gasteiger partial charge in [0.15, 0.2) is 0 Å². The molecule has 0 fully saturated rings. The maximum Gasteiger partial charge on any atom is 0.0626 e. The molecule has 26 heavy (non-hydrogen) atoms. The zero-order valence-corrected chi connectivity index (χ0v) is 16.1. The number of nitrogens with zero attached hydrogens (tertiary/aromatic N) is 1. The van der Waals surface area contributed by atoms with E-state index in [0.29, 0.717) is 12.0 Å². The van der Waals surface area contributed by atoms with E-state index in [0.717, 1.165) is 17.3 Å². The molecule has 0 saturated carbocycles. The molecule has 1 heterocycles. The zero-order valence-electron chi connectivity index (χ0n) is 14.5. The minimum Gasteiger partial charge on any atom is -0.337 e. The Hall–Kier alpha value is -2.32. The Balaban J connectivity index is 1.60. The predicted molar refractivity (Wildman–Crippen MR) is 113 cm³/mol. The number of para-hydroxylation sites is 1. The van der Waals surface area contributed by atoms with Crippen LogP contribution in [0.5, 0.6) is 0 Å². The average Bonchev–Trinajstić information content (AvgIpc) is 3.03. The van der Waals surface area contributed by atoms with Crippen LogP contribution in [0, 0.1) is 5.92 Å². The van der Waals surface area contributed by atoms with E-state index in [2.05, 4.69) is 106 Å². The molecule has 0 radical (unpaired) electrons. The standard InChI is InChI=1S/C24H20BrN/c25-19-13-10-17(11-14-19)18-12-15-24-22(16-18)21-8-4-5-9-23(21)26(24)20-6-2-1-3-7-20/h1-11,13-14,16,21,23H,12,15H2. The molecule has 0 aromatic heterocycles. The summed E-state index contributed by atoms with van der Waals surface area (Å²) < 4.78 is 1.13. The van der Waals surface area contributed by atoms with Crippen LogP contribution >= 0.6 is 15.9 Å². The van der Waals surface area contributed by atoms with Crippen molar-refractivity contribution in [2.24, 2.45) is 5.92 Å². The minimum absolute atomic E-state index is 0.396. The number of halogens is 1. The number of hydrogen-bond acceptors (Lipinski definition) is 1. The highest BCUT2D eigenvalue weighted by Crippen LogP contribution is 2.47. The van der Waals surface area contributed by atoms with Gasteiger partial charge in [-0.15, -0.1) is 0 Å². The summed E-state index contributed by atoms with van der Waals surface area (Å²) in [4.78, 5) is 2.55. The molecule has 0 amide bonds. The maximum absolute atomic E-state index is 3.54. The van der Waals surface area contributed by atoms with E-state index >= 15 is 0 Å². The SMILES string of the molecule is Brc1ccc(C2=CC3=C(CC2)N(c2ccccc2)C2C=CC=CC32)cc1. The normalized spacial score (nSPS) is 23.7. The number of benzene rings is 2. The maximum atomic E-state index is 3.54. The highest BCUT2D eigenvalue weighted by molar-refractivity contribution is 9.10. The van der Waals surface area contributed by atoms with Crippen molar-refractivity contribution in [2.45, 2.75) is 18.9 Å². The minimum atomic E-state index is 0.396. The lowest BCUT2D eigenvalue weighted by Crippen LogP contribution is -2.32. The van der Waals surface area contributed by atoms with Crippen molar-refractivity contribution < 1.29 is 0 Å². The van der Waals surface area contributed by atoms with Crippen molar-refractivity contribution in [3.8, 4) is 0 Å². The quantitative estimate of drug-likeness (QED) is 0.553. The average molecular weight is 402 g/mol. The lowest BCUT2D eigenvalue weighted by atomic mass is 9.85. The smallest absolute Gasteiger partial charge is 0.0626 e. The molecule has 128 valence electrons. The lowest BCUT2D eigenvalue weighted by molar-refractivity contribution is 0.681. The van der Waals surface area contributed by atoms with E-state index in [-0.39, 0.29) is 0 Å². The number of anilines is 1. The van der Waals surface area contributed by atoms with Crippen molar-refractivity contribution in [2.75, 3.05) is 4.90 Å². The van der Waals surface area contributed by atoms with Gasteiger partial charge in [-0.05, 0) is 53.8 Å². The van der Waals surface area contributed by atoms with Gasteiger partial charge < -0.3 is 4.90 Å². The van der Waals surface area contributed by atoms with Gasteiger partial charge >= 0.3 is 0 Å². The van der Waals surface area contributed by atoms with Gasteiger partial charge in [0.1, 0.15) is 0 Å². The summed E-state index contributed by atoms with van der Waals surface area (Å²) in [6.45, 7) is 0. The van der Waals surface area contributed by atoms with Crippen molar-refractivity contribution in [1.29, 1.82) is 0 Å². The van der Waals surface area contributed by atoms with E-state index in [1.807, 2.05) is 0 Å². The van der Waals surface area contributed by atoms with E-state index in [9.17, 15) is 0 Å². The van der Waals surface area contributed by atoms with Gasteiger partial charge in [0.05, 0.1) is 6.04 Å². The second kappa shape index (κ2) is 6.44. The van der Waals surface area contributed by atoms with Crippen LogP contribution in [0.1, 0.15) is 18.4 Å². The van der Waals surface area contributed by atoms with Crippen molar-refractivity contribution in [3.05, 3.63) is 106 Å². The van der Waals surface area contributed by atoms with Gasteiger partial charge in [0.25, 0.3) is 0 Å². The first kappa shape index (κ1) is 15.9. The van der Waals surface area contributed by atoms with Gasteiger partial charge in [-0.25, -0.2) is 0 Å². The molecule has 2 heteroatoms. The van der Waals surface area contributed by atoms with Crippen molar-refractivity contribution in [3.63, 3.8) is 0 Å². The largest absolute Gasteiger partial charge is 0.337 e. The van der Waals surface area contributed by atoms with Crippen molar-refractivity contribution >= 4 is 27.2 Å². The molecule has 2 atom stereocenters. The van der Waals surface area contributed by atoms with E-state index in [1.54, 1.807) is 0 Å². The van der Waals surface area contributed by atoms with Crippen LogP contribution < -0.4 is 4.90 Å². The first-order valence-corrected chi connectivity index (χ1v) is 9.99. The highest BCUT2D eigenvalue weighted by atomic mass is 79.9. The number of allylic oxidation sites excluding steroid dienone is 5. The van der Waals surface area contributed by atoms with E-state index < -0.39 is 0 Å². The van der Waals surface area contributed by atoms with Gasteiger partial charge in [0.2, 0.25) is 0 Å². The molecule has 0 saturated heterocycles. The Morgan fingerprint density at radius 3 is 2.42 bits per heavy atom. The molecule has 2 unspecified atom stereocenters. The zero-order chi connectivity index (χ0) is 17.5. The van der Waals surface area contributed by atoms with E-state index in [4.69, 9.17) is 0 Å². The summed E-state index contributed by atoms with van der Waals surface area (Å²) in [7, 11) is 0. The third-order valence-electron chi connectivity index (χ3n) is 5.60. The topological polar surface area (TPSA) is 3.24 Å². The summed E-state index contributed by atoms with van der Waals surface area (Å²) in [5, 5.41) is 0. The second-order valence-electron chi connectivity index (χ2n) is 7.07. The van der Waals surface area contributed by atoms with Crippen LogP contribution in [-0.2, 0) is 0 Å². The van der Waals surface area contributed by atoms with Gasteiger partial charge in [-0.3, -0.25) is 0 Å². The molecule has 2 aliphatic carbocycles. The number of fused-ring (bicyclic) bond motifs is 2. The van der Waals surface area contributed by atoms with Crippen LogP contribution in [0.25, 0.3) is 5.57 Å². The molecule has 1 aliphatic heterocycles. The van der Waals surface area contributed by atoms with Crippen LogP contribution in [0.3, 0.4) is 0 Å². The third kappa shape index (κ3) is 2.60. The Labute approximate surface area is 163 Å². The Kier molecular flexibility index (Phi) is 3.94. The highest BCUT2D eigenvalue weighted by Gasteiger charge is 2.39. The molecule has 2 aromatic rings. The van der Waals surface area contributed by atoms with E-state index in [1.165, 1.54) is 28.1 Å². The summed E-state index contributed by atoms with van der Waals surface area (Å²) in [5.41, 5.74) is 7.07. The molecular weight excluding hydrogens is 382 g/mol. The predicted octanol–water partition coefficient (Wildman–Crippen LogP) is 6.51. The lowest BCUT2D eigenvalue weighted by Gasteiger charge is -2.31. The van der Waals surface area contributed by atoms with Crippen LogP contribution in [0.4, 0.5) is 5.69 Å². The van der Waals surface area contributed by atoms with Crippen LogP contribution in [0.2, 0.25) is 0 Å². The fourth-order valence-corrected chi connectivity index (χ4v) is 4.67. The fraction of sp³-hybridized carbons (Fsp3) is 0.167. The Morgan fingerprint density at radius 1 is 0.846 bits per heavy atom. The Bertz CT molecular complexity index is 947. The summed E-state index contributed by atoms with van der Waals surface area (Å²) in [5.74, 6) is 0.445. The first-order chi connectivity index (χ1) is 12.8. The molecule has 1 nitrogen and oxygen atoms in total. The molecule has 0 N–H and O–H groups in total. The van der Waals surface area contributed by atoms with Crippen LogP contribution in [0.15, 0.2) is 101 Å². The number of hydrogen-bond donors (Lipinski definition) is 0. The molecule has 0 bridgehead atoms. The Morgan fingerprint density at radius 2 is 1.62 bits per heavy atom. The van der Waals surface area contributed by atoms with Crippen LogP contribution in [-0.4, -0.2) is 6.04 Å². The summed E-state index contributed by atoms with van der Waals surface area (Å²) in [6, 6.07) is 19.9. The molecule has 3 aliphatic rings. The van der Waals surface area contributed by atoms with Gasteiger partial charge in [-0.2, -0.15) is 0 Å². The summed E-state index contributed by atoms with van der Waals surface area (Å²) >= 11 is 3.54. The third-order valence-corrected chi connectivity index (χ3v) is 6.13. The van der Waals surface area contributed by atoms with Gasteiger partial charge in [0, 0.05) is 21.8 Å². The molecule has 2 aromatic carbocycles. The first-order valence-electron chi connectivity index (χ1n) is 9.20. The molecule has 5 rings (SSSR count). The monoisotopic (exact) mass is 401 g/mol. The second-order valence-corrected chi connectivity index (χ2v) is 7.99. The molecule has 0 spiro atoms. The molecular formula is C24H20BrN. The van der Waals surface area contributed by atoms with Crippen molar-refractivity contribution in [1.82, 2.24) is 0 Å².